The molecular formula is C15H24N2O. The highest BCUT2D eigenvalue weighted by atomic mass is 16.5. The molecule has 0 aliphatic carbocycles. The number of rotatable bonds is 5. The molecule has 0 aromatic heterocycles. The quantitative estimate of drug-likeness (QED) is 0.864. The zero-order chi connectivity index (χ0) is 12.8. The van der Waals surface area contributed by atoms with Gasteiger partial charge in [0, 0.05) is 32.7 Å². The van der Waals surface area contributed by atoms with Crippen molar-refractivity contribution in [3.05, 3.63) is 29.8 Å². The number of piperazine rings is 1. The minimum Gasteiger partial charge on any atom is -0.493 e. The van der Waals surface area contributed by atoms with Crippen molar-refractivity contribution in [3.8, 4) is 5.75 Å². The van der Waals surface area contributed by atoms with Crippen molar-refractivity contribution in [2.75, 3.05) is 32.8 Å². The third-order valence-corrected chi connectivity index (χ3v) is 3.10. The number of hydrogen-bond donors (Lipinski definition) is 1. The van der Waals surface area contributed by atoms with Crippen molar-refractivity contribution < 1.29 is 4.74 Å². The molecule has 1 aliphatic heterocycles. The topological polar surface area (TPSA) is 24.5 Å². The summed E-state index contributed by atoms with van der Waals surface area (Å²) >= 11 is 0. The van der Waals surface area contributed by atoms with E-state index in [0.29, 0.717) is 5.92 Å². The normalized spacial score (nSPS) is 17.1. The van der Waals surface area contributed by atoms with Gasteiger partial charge in [-0.2, -0.15) is 0 Å². The van der Waals surface area contributed by atoms with Gasteiger partial charge in [-0.1, -0.05) is 26.0 Å². The fraction of sp³-hybridized carbons (Fsp3) is 0.600. The van der Waals surface area contributed by atoms with Crippen LogP contribution in [0.1, 0.15) is 19.4 Å². The van der Waals surface area contributed by atoms with Crippen molar-refractivity contribution >= 4 is 0 Å². The minimum atomic E-state index is 0.571. The highest BCUT2D eigenvalue weighted by molar-refractivity contribution is 5.28. The molecule has 1 fully saturated rings. The van der Waals surface area contributed by atoms with E-state index in [1.165, 1.54) is 5.56 Å². The van der Waals surface area contributed by atoms with Crippen molar-refractivity contribution in [2.24, 2.45) is 5.92 Å². The molecule has 18 heavy (non-hydrogen) atoms. The van der Waals surface area contributed by atoms with E-state index in [9.17, 15) is 0 Å². The molecule has 1 saturated heterocycles. The Hall–Kier alpha value is -1.06. The van der Waals surface area contributed by atoms with E-state index < -0.39 is 0 Å². The predicted octanol–water partition coefficient (Wildman–Crippen LogP) is 2.13. The predicted molar refractivity (Wildman–Crippen MR) is 74.9 cm³/mol. The molecule has 3 nitrogen and oxygen atoms in total. The van der Waals surface area contributed by atoms with Gasteiger partial charge in [0.1, 0.15) is 5.75 Å². The first-order chi connectivity index (χ1) is 8.74. The van der Waals surface area contributed by atoms with Gasteiger partial charge in [-0.3, -0.25) is 4.90 Å². The molecule has 0 unspecified atom stereocenters. The Morgan fingerprint density at radius 3 is 2.78 bits per heavy atom. The highest BCUT2D eigenvalue weighted by Gasteiger charge is 2.10. The van der Waals surface area contributed by atoms with Crippen LogP contribution in [-0.4, -0.2) is 37.7 Å². The standard InChI is InChI=1S/C15H24N2O/c1-13(2)12-18-15-5-3-4-14(10-15)11-17-8-6-16-7-9-17/h3-5,10,13,16H,6-9,11-12H2,1-2H3. The molecule has 0 radical (unpaired) electrons. The third-order valence-electron chi connectivity index (χ3n) is 3.10. The summed E-state index contributed by atoms with van der Waals surface area (Å²) in [5, 5.41) is 3.38. The van der Waals surface area contributed by atoms with Crippen LogP contribution in [0, 0.1) is 5.92 Å². The molecule has 1 aromatic rings. The smallest absolute Gasteiger partial charge is 0.119 e. The molecule has 0 atom stereocenters. The number of nitrogens with one attached hydrogen (secondary N) is 1. The summed E-state index contributed by atoms with van der Waals surface area (Å²) in [5.74, 6) is 1.57. The van der Waals surface area contributed by atoms with Gasteiger partial charge in [-0.05, 0) is 23.6 Å². The maximum Gasteiger partial charge on any atom is 0.119 e. The van der Waals surface area contributed by atoms with E-state index in [4.69, 9.17) is 4.74 Å². The third kappa shape index (κ3) is 4.31. The molecule has 0 saturated carbocycles. The Kier molecular flexibility index (Phi) is 5.02. The Bertz CT molecular complexity index is 359. The summed E-state index contributed by atoms with van der Waals surface area (Å²) in [6, 6.07) is 8.49. The lowest BCUT2D eigenvalue weighted by Gasteiger charge is -2.27. The average Bonchev–Trinajstić information content (AvgIpc) is 2.38. The summed E-state index contributed by atoms with van der Waals surface area (Å²) in [5.41, 5.74) is 1.35. The number of hydrogen-bond acceptors (Lipinski definition) is 3. The van der Waals surface area contributed by atoms with Crippen LogP contribution in [0.5, 0.6) is 5.75 Å². The molecule has 0 spiro atoms. The summed E-state index contributed by atoms with van der Waals surface area (Å²) in [7, 11) is 0. The van der Waals surface area contributed by atoms with Crippen LogP contribution in [0.15, 0.2) is 24.3 Å². The van der Waals surface area contributed by atoms with Gasteiger partial charge in [-0.25, -0.2) is 0 Å². The minimum absolute atomic E-state index is 0.571. The second kappa shape index (κ2) is 6.76. The Balaban J connectivity index is 1.89. The van der Waals surface area contributed by atoms with Crippen molar-refractivity contribution in [3.63, 3.8) is 0 Å². The largest absolute Gasteiger partial charge is 0.493 e. The van der Waals surface area contributed by atoms with Gasteiger partial charge < -0.3 is 10.1 Å². The summed E-state index contributed by atoms with van der Waals surface area (Å²) in [6.07, 6.45) is 0. The Morgan fingerprint density at radius 1 is 1.28 bits per heavy atom. The van der Waals surface area contributed by atoms with E-state index in [2.05, 4.69) is 42.3 Å². The van der Waals surface area contributed by atoms with Crippen LogP contribution >= 0.6 is 0 Å². The average molecular weight is 248 g/mol. The van der Waals surface area contributed by atoms with Crippen molar-refractivity contribution in [2.45, 2.75) is 20.4 Å². The second-order valence-electron chi connectivity index (χ2n) is 5.38. The number of ether oxygens (including phenoxy) is 1. The molecule has 0 amide bonds. The first kappa shape index (κ1) is 13.4. The van der Waals surface area contributed by atoms with Gasteiger partial charge in [0.15, 0.2) is 0 Å². The maximum atomic E-state index is 5.77. The lowest BCUT2D eigenvalue weighted by Crippen LogP contribution is -2.42. The number of benzene rings is 1. The SMILES string of the molecule is CC(C)COc1cccc(CN2CCNCC2)c1. The lowest BCUT2D eigenvalue weighted by molar-refractivity contribution is 0.232. The van der Waals surface area contributed by atoms with E-state index in [1.54, 1.807) is 0 Å². The van der Waals surface area contributed by atoms with E-state index in [-0.39, 0.29) is 0 Å². The van der Waals surface area contributed by atoms with Crippen LogP contribution in [0.4, 0.5) is 0 Å². The van der Waals surface area contributed by atoms with Gasteiger partial charge in [0.25, 0.3) is 0 Å². The Labute approximate surface area is 110 Å². The van der Waals surface area contributed by atoms with Gasteiger partial charge in [0.2, 0.25) is 0 Å². The molecule has 3 heteroatoms. The molecule has 100 valence electrons. The molecule has 1 aromatic carbocycles. The molecule has 0 bridgehead atoms. The first-order valence-electron chi connectivity index (χ1n) is 6.89. The van der Waals surface area contributed by atoms with Crippen LogP contribution in [-0.2, 0) is 6.54 Å². The monoisotopic (exact) mass is 248 g/mol. The number of nitrogens with zero attached hydrogens (tertiary/aromatic N) is 1. The van der Waals surface area contributed by atoms with Crippen LogP contribution in [0.25, 0.3) is 0 Å². The van der Waals surface area contributed by atoms with Gasteiger partial charge >= 0.3 is 0 Å². The molecule has 1 heterocycles. The van der Waals surface area contributed by atoms with Crippen molar-refractivity contribution in [1.82, 2.24) is 10.2 Å². The highest BCUT2D eigenvalue weighted by Crippen LogP contribution is 2.16. The van der Waals surface area contributed by atoms with Crippen molar-refractivity contribution in [1.29, 1.82) is 0 Å². The lowest BCUT2D eigenvalue weighted by atomic mass is 10.2. The first-order valence-corrected chi connectivity index (χ1v) is 6.89. The van der Waals surface area contributed by atoms with Gasteiger partial charge in [-0.15, -0.1) is 0 Å². The van der Waals surface area contributed by atoms with Crippen LogP contribution < -0.4 is 10.1 Å². The summed E-state index contributed by atoms with van der Waals surface area (Å²) in [6.45, 7) is 10.6. The molecular weight excluding hydrogens is 224 g/mol. The zero-order valence-corrected chi connectivity index (χ0v) is 11.5. The van der Waals surface area contributed by atoms with E-state index >= 15 is 0 Å². The van der Waals surface area contributed by atoms with Crippen LogP contribution in [0.3, 0.4) is 0 Å². The summed E-state index contributed by atoms with van der Waals surface area (Å²) < 4.78 is 5.77. The summed E-state index contributed by atoms with van der Waals surface area (Å²) in [4.78, 5) is 2.48. The fourth-order valence-electron chi connectivity index (χ4n) is 2.12. The van der Waals surface area contributed by atoms with Gasteiger partial charge in [0.05, 0.1) is 6.61 Å². The van der Waals surface area contributed by atoms with E-state index in [1.807, 2.05) is 6.07 Å². The van der Waals surface area contributed by atoms with Crippen LogP contribution in [0.2, 0.25) is 0 Å². The fourth-order valence-corrected chi connectivity index (χ4v) is 2.12. The zero-order valence-electron chi connectivity index (χ0n) is 11.5. The molecule has 2 rings (SSSR count). The maximum absolute atomic E-state index is 5.77. The van der Waals surface area contributed by atoms with E-state index in [0.717, 1.165) is 45.1 Å². The second-order valence-corrected chi connectivity index (χ2v) is 5.38. The molecule has 1 aliphatic rings. The Morgan fingerprint density at radius 2 is 2.06 bits per heavy atom. The molecule has 1 N–H and O–H groups in total.